The van der Waals surface area contributed by atoms with Crippen LogP contribution >= 0.6 is 11.3 Å². The van der Waals surface area contributed by atoms with Crippen LogP contribution in [-0.2, 0) is 0 Å². The number of amides is 2. The molecule has 7 nitrogen and oxygen atoms in total. The Bertz CT molecular complexity index is 1510. The number of hydrogen-bond donors (Lipinski definition) is 1. The fourth-order valence-corrected chi connectivity index (χ4v) is 7.32. The molecular formula is C30H32N4O3S. The zero-order chi connectivity index (χ0) is 26.4. The highest BCUT2D eigenvalue weighted by molar-refractivity contribution is 7.15. The standard InChI is InChI=1S/C30H32N4O3S/c1-18-13-21-17-34(29(36)24-10-5-4-9-23(24)20-7-6-8-22(15-20)37-3)26(25(21)14-18)16-31-28(35)27-19(2)32-30-33(27)11-12-38-30/h4-12,15,18,21,25-26H,13-14,16-17H2,1-3H3,(H,31,35)/t18?,21-,25-,26+/m0/s1. The van der Waals surface area contributed by atoms with Crippen molar-refractivity contribution in [2.24, 2.45) is 17.8 Å². The molecule has 3 heterocycles. The highest BCUT2D eigenvalue weighted by atomic mass is 32.1. The Morgan fingerprint density at radius 1 is 1.16 bits per heavy atom. The molecule has 38 heavy (non-hydrogen) atoms. The summed E-state index contributed by atoms with van der Waals surface area (Å²) in [4.78, 5) is 34.8. The number of likely N-dealkylation sites (tertiary alicyclic amines) is 1. The zero-order valence-corrected chi connectivity index (χ0v) is 22.7. The minimum atomic E-state index is -0.146. The number of aryl methyl sites for hydroxylation is 1. The number of ether oxygens (including phenoxy) is 1. The van der Waals surface area contributed by atoms with Gasteiger partial charge in [0.15, 0.2) is 4.96 Å². The van der Waals surface area contributed by atoms with Gasteiger partial charge >= 0.3 is 0 Å². The molecule has 2 aromatic heterocycles. The van der Waals surface area contributed by atoms with Gasteiger partial charge in [-0.3, -0.25) is 14.0 Å². The summed E-state index contributed by atoms with van der Waals surface area (Å²) < 4.78 is 7.27. The van der Waals surface area contributed by atoms with Crippen LogP contribution in [0, 0.1) is 24.7 Å². The topological polar surface area (TPSA) is 75.9 Å². The van der Waals surface area contributed by atoms with Crippen molar-refractivity contribution in [3.05, 3.63) is 77.1 Å². The van der Waals surface area contributed by atoms with E-state index in [4.69, 9.17) is 4.74 Å². The Hall–Kier alpha value is -3.65. The first kappa shape index (κ1) is 24.7. The maximum absolute atomic E-state index is 14.2. The van der Waals surface area contributed by atoms with Crippen LogP contribution in [0.1, 0.15) is 46.3 Å². The molecule has 1 aliphatic carbocycles. The van der Waals surface area contributed by atoms with Crippen LogP contribution in [0.3, 0.4) is 0 Å². The molecule has 2 aliphatic rings. The number of nitrogens with zero attached hydrogens (tertiary/aromatic N) is 3. The summed E-state index contributed by atoms with van der Waals surface area (Å²) in [7, 11) is 1.65. The van der Waals surface area contributed by atoms with Gasteiger partial charge < -0.3 is 15.0 Å². The first-order valence-corrected chi connectivity index (χ1v) is 14.1. The SMILES string of the molecule is COc1cccc(-c2ccccc2C(=O)N2C[C@@H]3CC(C)C[C@@H]3[C@H]2CNC(=O)c2c(C)nc3sccn23)c1. The molecule has 0 radical (unpaired) electrons. The van der Waals surface area contributed by atoms with Crippen molar-refractivity contribution in [1.82, 2.24) is 19.6 Å². The number of rotatable bonds is 6. The molecule has 1 saturated heterocycles. The number of carbonyl (C=O) groups excluding carboxylic acids is 2. The van der Waals surface area contributed by atoms with Crippen molar-refractivity contribution in [2.75, 3.05) is 20.2 Å². The smallest absolute Gasteiger partial charge is 0.270 e. The summed E-state index contributed by atoms with van der Waals surface area (Å²) in [5, 5.41) is 5.10. The molecule has 1 N–H and O–H groups in total. The van der Waals surface area contributed by atoms with Gasteiger partial charge in [0.2, 0.25) is 0 Å². The fourth-order valence-electron chi connectivity index (χ4n) is 6.56. The summed E-state index contributed by atoms with van der Waals surface area (Å²) in [6.45, 7) is 5.31. The van der Waals surface area contributed by atoms with Crippen LogP contribution in [0.15, 0.2) is 60.1 Å². The lowest BCUT2D eigenvalue weighted by Crippen LogP contribution is -2.46. The zero-order valence-electron chi connectivity index (χ0n) is 21.9. The Morgan fingerprint density at radius 3 is 2.84 bits per heavy atom. The van der Waals surface area contributed by atoms with Gasteiger partial charge in [-0.15, -0.1) is 11.3 Å². The molecule has 1 aliphatic heterocycles. The second-order valence-electron chi connectivity index (χ2n) is 10.6. The Labute approximate surface area is 226 Å². The number of aromatic nitrogens is 2. The quantitative estimate of drug-likeness (QED) is 0.369. The summed E-state index contributed by atoms with van der Waals surface area (Å²) in [6, 6.07) is 15.5. The molecule has 4 aromatic rings. The highest BCUT2D eigenvalue weighted by Gasteiger charge is 2.48. The van der Waals surface area contributed by atoms with E-state index in [2.05, 4.69) is 17.2 Å². The summed E-state index contributed by atoms with van der Waals surface area (Å²) in [6.07, 6.45) is 4.07. The first-order chi connectivity index (χ1) is 18.4. The number of thiazole rings is 1. The Morgan fingerprint density at radius 2 is 2.00 bits per heavy atom. The van der Waals surface area contributed by atoms with E-state index in [0.29, 0.717) is 41.2 Å². The van der Waals surface area contributed by atoms with E-state index >= 15 is 0 Å². The van der Waals surface area contributed by atoms with E-state index in [-0.39, 0.29) is 17.9 Å². The van der Waals surface area contributed by atoms with Gasteiger partial charge in [-0.05, 0) is 66.8 Å². The molecule has 196 valence electrons. The molecule has 1 saturated carbocycles. The second-order valence-corrected chi connectivity index (χ2v) is 11.5. The van der Waals surface area contributed by atoms with Crippen LogP contribution in [-0.4, -0.2) is 52.3 Å². The maximum atomic E-state index is 14.2. The van der Waals surface area contributed by atoms with Gasteiger partial charge in [-0.2, -0.15) is 0 Å². The number of benzene rings is 2. The summed E-state index contributed by atoms with van der Waals surface area (Å²) >= 11 is 1.51. The van der Waals surface area contributed by atoms with E-state index < -0.39 is 0 Å². The largest absolute Gasteiger partial charge is 0.497 e. The van der Waals surface area contributed by atoms with Crippen LogP contribution in [0.2, 0.25) is 0 Å². The Balaban J connectivity index is 1.28. The lowest BCUT2D eigenvalue weighted by molar-refractivity contribution is 0.0697. The molecule has 2 aromatic carbocycles. The first-order valence-electron chi connectivity index (χ1n) is 13.2. The van der Waals surface area contributed by atoms with Crippen molar-refractivity contribution in [3.63, 3.8) is 0 Å². The van der Waals surface area contributed by atoms with Crippen LogP contribution in [0.4, 0.5) is 0 Å². The number of hydrogen-bond acceptors (Lipinski definition) is 5. The van der Waals surface area contributed by atoms with Gasteiger partial charge in [-0.25, -0.2) is 4.98 Å². The van der Waals surface area contributed by atoms with E-state index in [1.807, 2.05) is 76.3 Å². The van der Waals surface area contributed by atoms with Gasteiger partial charge in [-0.1, -0.05) is 37.3 Å². The van der Waals surface area contributed by atoms with Gasteiger partial charge in [0.25, 0.3) is 11.8 Å². The Kier molecular flexibility index (Phi) is 6.43. The third-order valence-corrected chi connectivity index (χ3v) is 8.99. The summed E-state index contributed by atoms with van der Waals surface area (Å²) in [5.74, 6) is 2.10. The van der Waals surface area contributed by atoms with Crippen molar-refractivity contribution in [2.45, 2.75) is 32.7 Å². The third kappa shape index (κ3) is 4.26. The maximum Gasteiger partial charge on any atom is 0.270 e. The van der Waals surface area contributed by atoms with E-state index in [1.165, 1.54) is 11.3 Å². The molecule has 4 atom stereocenters. The molecule has 2 fully saturated rings. The normalized spacial score (nSPS) is 22.6. The minimum absolute atomic E-state index is 0.0190. The van der Waals surface area contributed by atoms with Crippen LogP contribution < -0.4 is 10.1 Å². The average Bonchev–Trinajstić information content (AvgIpc) is 3.67. The minimum Gasteiger partial charge on any atom is -0.497 e. The number of methoxy groups -OCH3 is 1. The van der Waals surface area contributed by atoms with Crippen LogP contribution in [0.25, 0.3) is 16.1 Å². The van der Waals surface area contributed by atoms with E-state index in [0.717, 1.165) is 41.2 Å². The highest BCUT2D eigenvalue weighted by Crippen LogP contribution is 2.45. The average molecular weight is 529 g/mol. The lowest BCUT2D eigenvalue weighted by atomic mass is 9.93. The predicted molar refractivity (Wildman–Crippen MR) is 149 cm³/mol. The molecule has 0 spiro atoms. The fraction of sp³-hybridized carbons (Fsp3) is 0.367. The van der Waals surface area contributed by atoms with Crippen molar-refractivity contribution in [1.29, 1.82) is 0 Å². The van der Waals surface area contributed by atoms with E-state index in [1.54, 1.807) is 7.11 Å². The molecular weight excluding hydrogens is 496 g/mol. The monoisotopic (exact) mass is 528 g/mol. The second kappa shape index (κ2) is 9.91. The molecule has 0 bridgehead atoms. The molecule has 1 unspecified atom stereocenters. The molecule has 8 heteroatoms. The number of nitrogens with one attached hydrogen (secondary N) is 1. The molecule has 2 amide bonds. The van der Waals surface area contributed by atoms with Crippen LogP contribution in [0.5, 0.6) is 5.75 Å². The van der Waals surface area contributed by atoms with Gasteiger partial charge in [0.1, 0.15) is 11.4 Å². The lowest BCUT2D eigenvalue weighted by Gasteiger charge is -2.29. The van der Waals surface area contributed by atoms with Crippen molar-refractivity contribution >= 4 is 28.1 Å². The van der Waals surface area contributed by atoms with Crippen molar-refractivity contribution in [3.8, 4) is 16.9 Å². The van der Waals surface area contributed by atoms with Gasteiger partial charge in [0.05, 0.1) is 18.8 Å². The number of imidazole rings is 1. The number of fused-ring (bicyclic) bond motifs is 2. The summed E-state index contributed by atoms with van der Waals surface area (Å²) in [5.41, 5.74) is 3.79. The third-order valence-electron chi connectivity index (χ3n) is 8.23. The molecule has 6 rings (SSSR count). The predicted octanol–water partition coefficient (Wildman–Crippen LogP) is 5.30. The van der Waals surface area contributed by atoms with E-state index in [9.17, 15) is 9.59 Å². The van der Waals surface area contributed by atoms with Crippen molar-refractivity contribution < 1.29 is 14.3 Å². The van der Waals surface area contributed by atoms with Gasteiger partial charge in [0, 0.05) is 30.2 Å². The number of carbonyl (C=O) groups is 2.